The third-order valence-electron chi connectivity index (χ3n) is 12.8. The van der Waals surface area contributed by atoms with Crippen LogP contribution in [0.1, 0.15) is 103 Å². The number of piperidine rings is 1. The fraction of sp³-hybridized carbons (Fsp3) is 0.765. The second kappa shape index (κ2) is 10.3. The van der Waals surface area contributed by atoms with Crippen LogP contribution in [0.2, 0.25) is 0 Å². The molecule has 4 aliphatic carbocycles. The molecule has 8 atom stereocenters. The summed E-state index contributed by atoms with van der Waals surface area (Å²) in [6.45, 7) is 8.79. The fourth-order valence-corrected chi connectivity index (χ4v) is 10.4. The quantitative estimate of drug-likeness (QED) is 0.438. The number of aliphatic hydroxyl groups is 2. The van der Waals surface area contributed by atoms with Crippen molar-refractivity contribution >= 4 is 5.91 Å². The molecule has 5 heteroatoms. The number of likely N-dealkylation sites (tertiary alicyclic amines) is 1. The van der Waals surface area contributed by atoms with E-state index in [0.717, 1.165) is 49.0 Å². The Morgan fingerprint density at radius 3 is 2.54 bits per heavy atom. The molecule has 1 aliphatic heterocycles. The highest BCUT2D eigenvalue weighted by Gasteiger charge is 2.59. The molecule has 5 nitrogen and oxygen atoms in total. The number of aliphatic hydroxyl groups excluding tert-OH is 1. The highest BCUT2D eigenvalue weighted by molar-refractivity contribution is 5.76. The highest BCUT2D eigenvalue weighted by Crippen LogP contribution is 2.67. The van der Waals surface area contributed by atoms with Gasteiger partial charge in [-0.15, -0.1) is 0 Å². The first-order chi connectivity index (χ1) is 18.6. The smallest absolute Gasteiger partial charge is 0.222 e. The summed E-state index contributed by atoms with van der Waals surface area (Å²) >= 11 is 0. The molecule has 1 aromatic heterocycles. The summed E-state index contributed by atoms with van der Waals surface area (Å²) in [4.78, 5) is 19.3. The van der Waals surface area contributed by atoms with Crippen molar-refractivity contribution < 1.29 is 15.0 Å². The van der Waals surface area contributed by atoms with Gasteiger partial charge in [0.2, 0.25) is 5.91 Å². The molecule has 1 aromatic rings. The molecule has 3 saturated carbocycles. The van der Waals surface area contributed by atoms with Gasteiger partial charge in [0, 0.05) is 31.9 Å². The van der Waals surface area contributed by atoms with Gasteiger partial charge in [0.25, 0.3) is 0 Å². The Morgan fingerprint density at radius 2 is 1.79 bits per heavy atom. The van der Waals surface area contributed by atoms with Crippen LogP contribution >= 0.6 is 0 Å². The summed E-state index contributed by atoms with van der Waals surface area (Å²) < 4.78 is 0. The van der Waals surface area contributed by atoms with Gasteiger partial charge in [-0.2, -0.15) is 0 Å². The SMILES string of the molecule is CC(CCC(=O)N1CCC(O)(c2ccncc2)CC1)[C@H]1CC[C@H]2[C@@H]3CC=C4C[C@@H](O)CC[C@]4(C)[C@H]3CC[C@]12C. The largest absolute Gasteiger partial charge is 0.393 e. The Bertz CT molecular complexity index is 1080. The highest BCUT2D eigenvalue weighted by atomic mass is 16.3. The molecule has 6 rings (SSSR count). The van der Waals surface area contributed by atoms with Crippen LogP contribution in [0.3, 0.4) is 0 Å². The van der Waals surface area contributed by atoms with Gasteiger partial charge >= 0.3 is 0 Å². The van der Waals surface area contributed by atoms with Crippen molar-refractivity contribution in [2.45, 2.75) is 110 Å². The van der Waals surface area contributed by atoms with Gasteiger partial charge in [0.1, 0.15) is 0 Å². The number of carbonyl (C=O) groups is 1. The molecule has 1 saturated heterocycles. The number of pyridine rings is 1. The maximum Gasteiger partial charge on any atom is 0.222 e. The van der Waals surface area contributed by atoms with E-state index in [1.54, 1.807) is 18.0 Å². The summed E-state index contributed by atoms with van der Waals surface area (Å²) in [5.41, 5.74) is 2.33. The Kier molecular flexibility index (Phi) is 7.23. The van der Waals surface area contributed by atoms with Crippen molar-refractivity contribution in [2.75, 3.05) is 13.1 Å². The van der Waals surface area contributed by atoms with Crippen LogP contribution in [0.25, 0.3) is 0 Å². The minimum absolute atomic E-state index is 0.133. The van der Waals surface area contributed by atoms with Crippen LogP contribution < -0.4 is 0 Å². The number of fused-ring (bicyclic) bond motifs is 5. The van der Waals surface area contributed by atoms with E-state index < -0.39 is 5.60 Å². The minimum atomic E-state index is -0.844. The summed E-state index contributed by atoms with van der Waals surface area (Å²) in [6, 6.07) is 3.79. The molecule has 2 N–H and O–H groups in total. The zero-order valence-electron chi connectivity index (χ0n) is 24.4. The summed E-state index contributed by atoms with van der Waals surface area (Å²) in [7, 11) is 0. The molecule has 2 heterocycles. The maximum atomic E-state index is 13.2. The topological polar surface area (TPSA) is 73.7 Å². The molecule has 214 valence electrons. The van der Waals surface area contributed by atoms with Crippen LogP contribution in [0.5, 0.6) is 0 Å². The number of hydrogen-bond acceptors (Lipinski definition) is 4. The Balaban J connectivity index is 1.05. The maximum absolute atomic E-state index is 13.2. The van der Waals surface area contributed by atoms with Crippen molar-refractivity contribution in [3.63, 3.8) is 0 Å². The molecular formula is C34H50N2O3. The van der Waals surface area contributed by atoms with Crippen LogP contribution in [0, 0.1) is 40.4 Å². The average Bonchev–Trinajstić information content (AvgIpc) is 3.30. The van der Waals surface area contributed by atoms with Crippen molar-refractivity contribution in [3.05, 3.63) is 41.7 Å². The summed E-state index contributed by atoms with van der Waals surface area (Å²) in [5, 5.41) is 21.4. The third-order valence-corrected chi connectivity index (χ3v) is 12.8. The molecule has 0 aromatic carbocycles. The predicted octanol–water partition coefficient (Wildman–Crippen LogP) is 6.25. The molecule has 4 fully saturated rings. The van der Waals surface area contributed by atoms with Crippen LogP contribution in [0.15, 0.2) is 36.2 Å². The Hall–Kier alpha value is -1.72. The molecule has 1 amide bonds. The zero-order valence-corrected chi connectivity index (χ0v) is 24.4. The number of hydrogen-bond donors (Lipinski definition) is 2. The molecule has 39 heavy (non-hydrogen) atoms. The van der Waals surface area contributed by atoms with Gasteiger partial charge in [-0.25, -0.2) is 0 Å². The first kappa shape index (κ1) is 27.4. The first-order valence-corrected chi connectivity index (χ1v) is 15.9. The molecule has 0 radical (unpaired) electrons. The standard InChI is InChI=1S/C34H50N2O3/c1-23(4-9-31(38)36-20-16-34(39,17-21-36)24-12-18-35-19-13-24)28-7-8-29-27-6-5-25-22-26(37)10-14-32(25,2)30(27)11-15-33(28,29)3/h5,12-13,18-19,23,26-30,37,39H,4,6-11,14-17,20-22H2,1-3H3/t23?,26-,27-,28+,29-,30-,32-,33+/m0/s1. The molecule has 0 spiro atoms. The van der Waals surface area contributed by atoms with E-state index in [4.69, 9.17) is 0 Å². The summed E-state index contributed by atoms with van der Waals surface area (Å²) in [6.07, 6.45) is 18.2. The molecule has 1 unspecified atom stereocenters. The van der Waals surface area contributed by atoms with E-state index in [2.05, 4.69) is 31.8 Å². The molecule has 5 aliphatic rings. The van der Waals surface area contributed by atoms with Crippen molar-refractivity contribution in [1.82, 2.24) is 9.88 Å². The summed E-state index contributed by atoms with van der Waals surface area (Å²) in [5.74, 6) is 3.91. The lowest BCUT2D eigenvalue weighted by atomic mass is 9.47. The monoisotopic (exact) mass is 534 g/mol. The van der Waals surface area contributed by atoms with Crippen molar-refractivity contribution in [2.24, 2.45) is 40.4 Å². The number of aromatic nitrogens is 1. The van der Waals surface area contributed by atoms with Crippen LogP contribution in [-0.4, -0.2) is 45.2 Å². The Labute approximate surface area is 235 Å². The lowest BCUT2D eigenvalue weighted by molar-refractivity contribution is -0.136. The van der Waals surface area contributed by atoms with E-state index in [-0.39, 0.29) is 12.0 Å². The van der Waals surface area contributed by atoms with Crippen molar-refractivity contribution in [1.29, 1.82) is 0 Å². The van der Waals surface area contributed by atoms with E-state index in [0.29, 0.717) is 55.0 Å². The van der Waals surface area contributed by atoms with E-state index in [9.17, 15) is 15.0 Å². The van der Waals surface area contributed by atoms with Gasteiger partial charge in [-0.3, -0.25) is 9.78 Å². The number of carbonyl (C=O) groups excluding carboxylic acids is 1. The normalized spacial score (nSPS) is 40.2. The fourth-order valence-electron chi connectivity index (χ4n) is 10.4. The lowest BCUT2D eigenvalue weighted by Crippen LogP contribution is -2.50. The van der Waals surface area contributed by atoms with E-state index in [1.807, 2.05) is 17.0 Å². The number of amides is 1. The van der Waals surface area contributed by atoms with Gasteiger partial charge < -0.3 is 15.1 Å². The first-order valence-electron chi connectivity index (χ1n) is 15.9. The number of rotatable bonds is 5. The zero-order chi connectivity index (χ0) is 27.4. The number of allylic oxidation sites excluding steroid dienone is 1. The van der Waals surface area contributed by atoms with Crippen molar-refractivity contribution in [3.8, 4) is 0 Å². The third kappa shape index (κ3) is 4.70. The van der Waals surface area contributed by atoms with Gasteiger partial charge in [0.15, 0.2) is 0 Å². The minimum Gasteiger partial charge on any atom is -0.393 e. The number of nitrogens with zero attached hydrogens (tertiary/aromatic N) is 2. The Morgan fingerprint density at radius 1 is 1.05 bits per heavy atom. The molecule has 0 bridgehead atoms. The second-order valence-corrected chi connectivity index (χ2v) is 14.5. The second-order valence-electron chi connectivity index (χ2n) is 14.5. The lowest BCUT2D eigenvalue weighted by Gasteiger charge is -2.58. The van der Waals surface area contributed by atoms with Gasteiger partial charge in [-0.05, 0) is 129 Å². The van der Waals surface area contributed by atoms with Crippen LogP contribution in [-0.2, 0) is 10.4 Å². The van der Waals surface area contributed by atoms with Gasteiger partial charge in [0.05, 0.1) is 11.7 Å². The van der Waals surface area contributed by atoms with E-state index in [1.165, 1.54) is 32.1 Å². The van der Waals surface area contributed by atoms with Crippen LogP contribution in [0.4, 0.5) is 0 Å². The van der Waals surface area contributed by atoms with E-state index >= 15 is 0 Å². The van der Waals surface area contributed by atoms with Gasteiger partial charge in [-0.1, -0.05) is 32.4 Å². The molecular weight excluding hydrogens is 484 g/mol. The average molecular weight is 535 g/mol. The predicted molar refractivity (Wildman–Crippen MR) is 154 cm³/mol.